The molecule has 27 heavy (non-hydrogen) atoms. The minimum Gasteiger partial charge on any atom is -0.755 e. The van der Waals surface area contributed by atoms with Gasteiger partial charge in [-0.25, -0.2) is 13.6 Å². The first-order valence-electron chi connectivity index (χ1n) is 7.86. The van der Waals surface area contributed by atoms with E-state index in [4.69, 9.17) is 4.74 Å². The van der Waals surface area contributed by atoms with Crippen molar-refractivity contribution < 1.29 is 32.2 Å². The van der Waals surface area contributed by atoms with E-state index >= 15 is 0 Å². The van der Waals surface area contributed by atoms with Gasteiger partial charge in [0.1, 0.15) is 22.9 Å². The summed E-state index contributed by atoms with van der Waals surface area (Å²) in [5.41, 5.74) is -0.760. The molecule has 1 aliphatic heterocycles. The molecule has 1 N–H and O–H groups in total. The monoisotopic (exact) mass is 458 g/mol. The highest BCUT2D eigenvalue weighted by Crippen LogP contribution is 2.57. The first-order valence-corrected chi connectivity index (χ1v) is 9.69. The summed E-state index contributed by atoms with van der Waals surface area (Å²) in [6.45, 7) is 0.252. The van der Waals surface area contributed by atoms with Crippen LogP contribution in [0.15, 0.2) is 28.7 Å². The molecule has 0 aromatic heterocycles. The molecule has 1 heterocycles. The van der Waals surface area contributed by atoms with E-state index in [2.05, 4.69) is 15.9 Å². The molecular formula is C17H11BrF2NO5S-. The van der Waals surface area contributed by atoms with E-state index in [9.17, 15) is 27.4 Å². The third kappa shape index (κ3) is 3.01. The Morgan fingerprint density at radius 2 is 2.07 bits per heavy atom. The second-order valence-corrected chi connectivity index (χ2v) is 7.97. The predicted molar refractivity (Wildman–Crippen MR) is 94.9 cm³/mol. The molecule has 1 aliphatic carbocycles. The normalized spacial score (nSPS) is 20.9. The number of anilines is 2. The summed E-state index contributed by atoms with van der Waals surface area (Å²) in [7, 11) is 0. The maximum atomic E-state index is 14.8. The van der Waals surface area contributed by atoms with Crippen LogP contribution in [0.2, 0.25) is 0 Å². The maximum absolute atomic E-state index is 14.8. The minimum atomic E-state index is -3.01. The Hall–Kier alpha value is -2.04. The summed E-state index contributed by atoms with van der Waals surface area (Å²) in [6.07, 6.45) is 0.697. The van der Waals surface area contributed by atoms with Crippen molar-refractivity contribution in [1.29, 1.82) is 0 Å². The minimum absolute atomic E-state index is 0.0596. The van der Waals surface area contributed by atoms with Gasteiger partial charge in [0, 0.05) is 16.0 Å². The van der Waals surface area contributed by atoms with Crippen molar-refractivity contribution in [2.45, 2.75) is 12.3 Å². The first-order chi connectivity index (χ1) is 12.8. The Morgan fingerprint density at radius 1 is 1.33 bits per heavy atom. The van der Waals surface area contributed by atoms with E-state index in [1.807, 2.05) is 0 Å². The predicted octanol–water partition coefficient (Wildman–Crippen LogP) is 3.85. The number of ether oxygens (including phenoxy) is 1. The fourth-order valence-corrected chi connectivity index (χ4v) is 4.67. The number of nitrogens with zero attached hydrogens (tertiary/aromatic N) is 1. The first kappa shape index (κ1) is 18.3. The summed E-state index contributed by atoms with van der Waals surface area (Å²) in [5, 5.41) is 9.70. The van der Waals surface area contributed by atoms with Gasteiger partial charge in [-0.05, 0) is 52.5 Å². The Bertz CT molecular complexity index is 1000. The van der Waals surface area contributed by atoms with Crippen LogP contribution >= 0.6 is 15.9 Å². The number of carbonyl (C=O) groups is 1. The average Bonchev–Trinajstić information content (AvgIpc) is 3.35. The zero-order valence-electron chi connectivity index (χ0n) is 13.4. The lowest BCUT2D eigenvalue weighted by molar-refractivity contribution is 0.0692. The number of rotatable bonds is 4. The van der Waals surface area contributed by atoms with E-state index in [0.29, 0.717) is 10.7 Å². The van der Waals surface area contributed by atoms with Crippen molar-refractivity contribution in [2.75, 3.05) is 10.9 Å². The van der Waals surface area contributed by atoms with Crippen LogP contribution in [0.25, 0.3) is 0 Å². The standard InChI is InChI=1S/C17H12BrF2NO5S/c18-10-4-8(19)1-2-12(10)21(27(24)25)13-5-11(20)14-9-3-7(9)6-26-16(14)15(13)17(22)23/h1-2,4-5,7,9H,3,6H2,(H,22,23)(H,24,25)/p-1. The van der Waals surface area contributed by atoms with Gasteiger partial charge in [0.2, 0.25) is 0 Å². The molecule has 3 atom stereocenters. The zero-order chi connectivity index (χ0) is 19.5. The van der Waals surface area contributed by atoms with Gasteiger partial charge in [-0.2, -0.15) is 0 Å². The summed E-state index contributed by atoms with van der Waals surface area (Å²) in [6, 6.07) is 4.06. The molecule has 4 rings (SSSR count). The van der Waals surface area contributed by atoms with Gasteiger partial charge in [0.15, 0.2) is 0 Å². The van der Waals surface area contributed by atoms with Gasteiger partial charge in [0.25, 0.3) is 0 Å². The Balaban J connectivity index is 1.97. The van der Waals surface area contributed by atoms with Crippen LogP contribution in [0.1, 0.15) is 28.3 Å². The zero-order valence-corrected chi connectivity index (χ0v) is 15.9. The number of hydrogen-bond acceptors (Lipinski definition) is 4. The highest BCUT2D eigenvalue weighted by Gasteiger charge is 2.47. The second kappa shape index (κ2) is 6.54. The van der Waals surface area contributed by atoms with E-state index < -0.39 is 40.1 Å². The van der Waals surface area contributed by atoms with Crippen molar-refractivity contribution >= 4 is 44.5 Å². The molecule has 0 radical (unpaired) electrons. The molecule has 3 unspecified atom stereocenters. The summed E-state index contributed by atoms with van der Waals surface area (Å²) >= 11 is 0.0461. The van der Waals surface area contributed by atoms with Crippen molar-refractivity contribution in [3.05, 3.63) is 51.5 Å². The number of carboxylic acids is 1. The Labute approximate surface area is 163 Å². The number of halogens is 3. The van der Waals surface area contributed by atoms with Crippen molar-refractivity contribution in [1.82, 2.24) is 0 Å². The molecule has 0 spiro atoms. The van der Waals surface area contributed by atoms with E-state index in [-0.39, 0.29) is 39.9 Å². The van der Waals surface area contributed by atoms with Crippen LogP contribution < -0.4 is 9.04 Å². The van der Waals surface area contributed by atoms with Gasteiger partial charge < -0.3 is 14.4 Å². The molecule has 0 bridgehead atoms. The molecule has 6 nitrogen and oxygen atoms in total. The van der Waals surface area contributed by atoms with Gasteiger partial charge >= 0.3 is 5.97 Å². The van der Waals surface area contributed by atoms with Crippen LogP contribution in [-0.4, -0.2) is 26.4 Å². The van der Waals surface area contributed by atoms with Crippen molar-refractivity contribution in [3.8, 4) is 5.75 Å². The van der Waals surface area contributed by atoms with E-state index in [1.165, 1.54) is 0 Å². The smallest absolute Gasteiger partial charge is 0.341 e. The van der Waals surface area contributed by atoms with Gasteiger partial charge in [-0.15, -0.1) is 0 Å². The fraction of sp³-hybridized carbons (Fsp3) is 0.235. The van der Waals surface area contributed by atoms with E-state index in [1.54, 1.807) is 0 Å². The van der Waals surface area contributed by atoms with E-state index in [0.717, 1.165) is 24.3 Å². The number of hydrogen-bond donors (Lipinski definition) is 1. The highest BCUT2D eigenvalue weighted by atomic mass is 79.9. The van der Waals surface area contributed by atoms with Gasteiger partial charge in [-0.1, -0.05) is 0 Å². The summed E-state index contributed by atoms with van der Waals surface area (Å²) < 4.78 is 58.1. The van der Waals surface area contributed by atoms with Crippen molar-refractivity contribution in [3.63, 3.8) is 0 Å². The SMILES string of the molecule is O=C(O)c1c(N(c2ccc(F)cc2Br)S(=O)[O-])cc(F)c2c1OCC1CC21. The quantitative estimate of drug-likeness (QED) is 0.702. The second-order valence-electron chi connectivity index (χ2n) is 6.32. The fourth-order valence-electron chi connectivity index (χ4n) is 3.40. The van der Waals surface area contributed by atoms with Crippen LogP contribution in [-0.2, 0) is 11.3 Å². The number of benzene rings is 2. The highest BCUT2D eigenvalue weighted by molar-refractivity contribution is 9.10. The number of fused-ring (bicyclic) bond motifs is 3. The molecular weight excluding hydrogens is 448 g/mol. The molecule has 1 fully saturated rings. The largest absolute Gasteiger partial charge is 0.755 e. The lowest BCUT2D eigenvalue weighted by Crippen LogP contribution is -2.25. The molecule has 0 amide bonds. The number of aromatic carboxylic acids is 1. The lowest BCUT2D eigenvalue weighted by Gasteiger charge is -2.30. The third-order valence-electron chi connectivity index (χ3n) is 4.69. The Morgan fingerprint density at radius 3 is 2.70 bits per heavy atom. The topological polar surface area (TPSA) is 89.9 Å². The molecule has 142 valence electrons. The molecule has 1 saturated carbocycles. The van der Waals surface area contributed by atoms with Crippen LogP contribution in [0, 0.1) is 17.6 Å². The summed E-state index contributed by atoms with van der Waals surface area (Å²) in [5.74, 6) is -2.93. The molecule has 10 heteroatoms. The van der Waals surface area contributed by atoms with Gasteiger partial charge in [-0.3, -0.25) is 8.51 Å². The van der Waals surface area contributed by atoms with Crippen LogP contribution in [0.3, 0.4) is 0 Å². The molecule has 2 aliphatic rings. The van der Waals surface area contributed by atoms with Gasteiger partial charge in [0.05, 0.1) is 29.2 Å². The average molecular weight is 459 g/mol. The molecule has 2 aromatic carbocycles. The maximum Gasteiger partial charge on any atom is 0.341 e. The Kier molecular flexibility index (Phi) is 4.44. The lowest BCUT2D eigenvalue weighted by atomic mass is 9.99. The van der Waals surface area contributed by atoms with Crippen LogP contribution in [0.5, 0.6) is 5.75 Å². The van der Waals surface area contributed by atoms with Crippen LogP contribution in [0.4, 0.5) is 20.2 Å². The molecule has 0 saturated heterocycles. The molecule has 2 aromatic rings. The summed E-state index contributed by atoms with van der Waals surface area (Å²) in [4.78, 5) is 11.9. The number of carboxylic acid groups (broad SMARTS) is 1. The third-order valence-corrected chi connectivity index (χ3v) is 6.02. The van der Waals surface area contributed by atoms with Crippen molar-refractivity contribution in [2.24, 2.45) is 5.92 Å².